The Balaban J connectivity index is 1.56. The molecule has 4 N–H and O–H groups in total. The van der Waals surface area contributed by atoms with Crippen molar-refractivity contribution in [3.63, 3.8) is 0 Å². The number of hydrogen-bond donors (Lipinski definition) is 3. The smallest absolute Gasteiger partial charge is 0.271 e. The summed E-state index contributed by atoms with van der Waals surface area (Å²) in [4.78, 5) is 27.8. The van der Waals surface area contributed by atoms with Crippen molar-refractivity contribution in [1.29, 1.82) is 0 Å². The number of nitrogens with zero attached hydrogens (tertiary/aromatic N) is 1. The molecule has 7 heteroatoms. The predicted molar refractivity (Wildman–Crippen MR) is 132 cm³/mol. The highest BCUT2D eigenvalue weighted by atomic mass is 16.6. The summed E-state index contributed by atoms with van der Waals surface area (Å²) in [5.41, 5.74) is 7.53. The van der Waals surface area contributed by atoms with Crippen LogP contribution in [0.25, 0.3) is 10.9 Å². The Morgan fingerprint density at radius 2 is 1.83 bits per heavy atom. The van der Waals surface area contributed by atoms with Gasteiger partial charge in [0.05, 0.1) is 5.56 Å². The fourth-order valence-corrected chi connectivity index (χ4v) is 5.49. The Kier molecular flexibility index (Phi) is 4.26. The van der Waals surface area contributed by atoms with E-state index >= 15 is 0 Å². The van der Waals surface area contributed by atoms with E-state index in [1.807, 2.05) is 50.2 Å². The van der Waals surface area contributed by atoms with E-state index in [0.717, 1.165) is 16.5 Å². The van der Waals surface area contributed by atoms with Gasteiger partial charge in [-0.3, -0.25) is 9.59 Å². The van der Waals surface area contributed by atoms with Crippen molar-refractivity contribution in [1.82, 2.24) is 9.88 Å². The first kappa shape index (κ1) is 21.4. The van der Waals surface area contributed by atoms with Crippen LogP contribution in [0.4, 0.5) is 5.69 Å². The first-order valence-electron chi connectivity index (χ1n) is 11.6. The van der Waals surface area contributed by atoms with Crippen LogP contribution >= 0.6 is 0 Å². The molecule has 0 saturated heterocycles. The van der Waals surface area contributed by atoms with Gasteiger partial charge in [-0.15, -0.1) is 0 Å². The second-order valence-electron chi connectivity index (χ2n) is 9.61. The number of aliphatic hydroxyl groups is 1. The lowest BCUT2D eigenvalue weighted by Crippen LogP contribution is -2.60. The van der Waals surface area contributed by atoms with Crippen LogP contribution in [0.2, 0.25) is 0 Å². The summed E-state index contributed by atoms with van der Waals surface area (Å²) in [5, 5.41) is 15.9. The summed E-state index contributed by atoms with van der Waals surface area (Å²) < 4.78 is 7.91. The number of para-hydroxylation sites is 1. The summed E-state index contributed by atoms with van der Waals surface area (Å²) in [6, 6.07) is 19.7. The van der Waals surface area contributed by atoms with Gasteiger partial charge in [0.2, 0.25) is 11.3 Å². The van der Waals surface area contributed by atoms with Gasteiger partial charge in [0, 0.05) is 34.8 Å². The zero-order valence-electron chi connectivity index (χ0n) is 19.6. The number of nitrogens with one attached hydrogen (secondary N) is 1. The zero-order valence-corrected chi connectivity index (χ0v) is 19.6. The maximum absolute atomic E-state index is 14.1. The molecule has 0 fully saturated rings. The van der Waals surface area contributed by atoms with Crippen LogP contribution in [-0.4, -0.2) is 21.4 Å². The molecule has 1 aromatic heterocycles. The lowest BCUT2D eigenvalue weighted by Gasteiger charge is -2.34. The van der Waals surface area contributed by atoms with E-state index in [9.17, 15) is 14.7 Å². The highest BCUT2D eigenvalue weighted by Crippen LogP contribution is 2.59. The molecule has 0 saturated carbocycles. The van der Waals surface area contributed by atoms with Gasteiger partial charge < -0.3 is 25.5 Å². The van der Waals surface area contributed by atoms with Crippen molar-refractivity contribution < 1.29 is 19.4 Å². The molecule has 35 heavy (non-hydrogen) atoms. The lowest BCUT2D eigenvalue weighted by atomic mass is 9.82. The zero-order chi connectivity index (χ0) is 24.7. The van der Waals surface area contributed by atoms with Gasteiger partial charge in [-0.1, -0.05) is 56.3 Å². The maximum Gasteiger partial charge on any atom is 0.271 e. The Morgan fingerprint density at radius 3 is 2.57 bits per heavy atom. The number of aryl methyl sites for hydroxylation is 1. The van der Waals surface area contributed by atoms with Gasteiger partial charge in [0.1, 0.15) is 11.4 Å². The highest BCUT2D eigenvalue weighted by Gasteiger charge is 2.72. The minimum atomic E-state index is -2.15. The van der Waals surface area contributed by atoms with Crippen LogP contribution in [0.3, 0.4) is 0 Å². The Morgan fingerprint density at radius 1 is 1.06 bits per heavy atom. The molecule has 0 bridgehead atoms. The average molecular weight is 468 g/mol. The number of anilines is 1. The second-order valence-corrected chi connectivity index (χ2v) is 9.61. The molecule has 4 aromatic rings. The number of nitrogen functional groups attached to an aromatic ring is 1. The fraction of sp³-hybridized carbons (Fsp3) is 0.214. The number of nitrogens with two attached hydrogens (primary N) is 1. The third kappa shape index (κ3) is 2.58. The van der Waals surface area contributed by atoms with E-state index in [4.69, 9.17) is 10.5 Å². The van der Waals surface area contributed by atoms with Crippen LogP contribution in [-0.2, 0) is 18.4 Å². The quantitative estimate of drug-likeness (QED) is 0.396. The number of carbonyl (C=O) groups is 2. The van der Waals surface area contributed by atoms with Gasteiger partial charge in [0.15, 0.2) is 0 Å². The van der Waals surface area contributed by atoms with Crippen molar-refractivity contribution in [2.45, 2.75) is 31.1 Å². The molecule has 7 nitrogen and oxygen atoms in total. The minimum Gasteiger partial charge on any atom is -0.454 e. The first-order chi connectivity index (χ1) is 16.7. The summed E-state index contributed by atoms with van der Waals surface area (Å²) in [5.74, 6) is -2.59. The molecule has 3 aromatic carbocycles. The molecule has 176 valence electrons. The Labute approximate surface area is 202 Å². The van der Waals surface area contributed by atoms with Crippen LogP contribution in [0.15, 0.2) is 66.7 Å². The fourth-order valence-electron chi connectivity index (χ4n) is 5.49. The SMILES string of the molecule is CC(C)c1ccc2c(c1)OC1(O)c3cccc(N)c3C(=O)C21NC(=O)c1cc2ccccc2n1C. The average Bonchev–Trinajstić information content (AvgIpc) is 3.37. The van der Waals surface area contributed by atoms with E-state index < -0.39 is 23.0 Å². The number of amides is 1. The molecule has 1 aliphatic heterocycles. The van der Waals surface area contributed by atoms with Crippen molar-refractivity contribution in [2.24, 2.45) is 7.05 Å². The number of benzene rings is 3. The number of fused-ring (bicyclic) bond motifs is 6. The molecule has 2 unspecified atom stereocenters. The first-order valence-corrected chi connectivity index (χ1v) is 11.6. The molecule has 0 radical (unpaired) electrons. The maximum atomic E-state index is 14.1. The number of rotatable bonds is 3. The number of aromatic nitrogens is 1. The Hall–Kier alpha value is -4.10. The lowest BCUT2D eigenvalue weighted by molar-refractivity contribution is -0.169. The molecular weight excluding hydrogens is 442 g/mol. The van der Waals surface area contributed by atoms with Crippen molar-refractivity contribution >= 4 is 28.3 Å². The van der Waals surface area contributed by atoms with E-state index in [0.29, 0.717) is 17.0 Å². The molecule has 2 aliphatic rings. The van der Waals surface area contributed by atoms with E-state index in [2.05, 4.69) is 5.32 Å². The van der Waals surface area contributed by atoms with Crippen LogP contribution < -0.4 is 15.8 Å². The molecule has 2 heterocycles. The summed E-state index contributed by atoms with van der Waals surface area (Å²) in [6.45, 7) is 4.09. The third-order valence-electron chi connectivity index (χ3n) is 7.36. The monoisotopic (exact) mass is 467 g/mol. The van der Waals surface area contributed by atoms with Gasteiger partial charge in [-0.05, 0) is 35.7 Å². The standard InChI is InChI=1S/C28H25N3O4/c1-15(2)16-11-12-18-23(14-16)35-28(34)19-8-6-9-20(29)24(19)25(32)27(18,28)30-26(33)22-13-17-7-4-5-10-21(17)31(22)3/h4-15,34H,29H2,1-3H3,(H,30,33). The number of ketones is 1. The Bertz CT molecular complexity index is 1570. The van der Waals surface area contributed by atoms with Crippen LogP contribution in [0.5, 0.6) is 5.75 Å². The molecule has 6 rings (SSSR count). The summed E-state index contributed by atoms with van der Waals surface area (Å²) in [7, 11) is 1.79. The molecule has 2 atom stereocenters. The molecular formula is C28H25N3O4. The summed E-state index contributed by atoms with van der Waals surface area (Å²) >= 11 is 0. The van der Waals surface area contributed by atoms with E-state index in [-0.39, 0.29) is 22.7 Å². The summed E-state index contributed by atoms with van der Waals surface area (Å²) in [6.07, 6.45) is 0. The number of carbonyl (C=O) groups excluding carboxylic acids is 2. The minimum absolute atomic E-state index is 0.158. The van der Waals surface area contributed by atoms with Crippen molar-refractivity contribution in [3.05, 3.63) is 94.7 Å². The van der Waals surface area contributed by atoms with Gasteiger partial charge in [-0.25, -0.2) is 0 Å². The molecule has 1 amide bonds. The van der Waals surface area contributed by atoms with Crippen LogP contribution in [0, 0.1) is 0 Å². The number of Topliss-reactive ketones (excluding diaryl/α,β-unsaturated/α-hetero) is 1. The third-order valence-corrected chi connectivity index (χ3v) is 7.36. The van der Waals surface area contributed by atoms with E-state index in [1.165, 1.54) is 0 Å². The number of hydrogen-bond acceptors (Lipinski definition) is 5. The predicted octanol–water partition coefficient (Wildman–Crippen LogP) is 3.94. The second kappa shape index (κ2) is 6.96. The molecule has 1 aliphatic carbocycles. The topological polar surface area (TPSA) is 107 Å². The van der Waals surface area contributed by atoms with Crippen molar-refractivity contribution in [2.75, 3.05) is 5.73 Å². The number of ether oxygens (including phenoxy) is 1. The van der Waals surface area contributed by atoms with E-state index in [1.54, 1.807) is 41.9 Å². The van der Waals surface area contributed by atoms with Gasteiger partial charge in [-0.2, -0.15) is 0 Å². The highest BCUT2D eigenvalue weighted by molar-refractivity contribution is 6.16. The molecule has 0 spiro atoms. The van der Waals surface area contributed by atoms with Crippen molar-refractivity contribution in [3.8, 4) is 5.75 Å². The van der Waals surface area contributed by atoms with Gasteiger partial charge >= 0.3 is 0 Å². The van der Waals surface area contributed by atoms with Crippen LogP contribution in [0.1, 0.15) is 57.3 Å². The largest absolute Gasteiger partial charge is 0.454 e. The van der Waals surface area contributed by atoms with Gasteiger partial charge in [0.25, 0.3) is 11.7 Å². The normalized spacial score (nSPS) is 22.1.